The van der Waals surface area contributed by atoms with Crippen LogP contribution in [0.25, 0.3) is 0 Å². The fraction of sp³-hybridized carbons (Fsp3) is 0.391. The SMILES string of the molecule is O=C(CCN1CCC(Cc2ccccc2)C1)c1ccc2c(c1)C(=O)CCO2. The quantitative estimate of drug-likeness (QED) is 0.733. The monoisotopic (exact) mass is 363 g/mol. The summed E-state index contributed by atoms with van der Waals surface area (Å²) >= 11 is 0. The minimum atomic E-state index is 0.0641. The average Bonchev–Trinajstić information content (AvgIpc) is 3.14. The molecule has 1 saturated heterocycles. The van der Waals surface area contributed by atoms with Gasteiger partial charge in [-0.1, -0.05) is 30.3 Å². The summed E-state index contributed by atoms with van der Waals surface area (Å²) in [5.41, 5.74) is 2.56. The molecule has 0 N–H and O–H groups in total. The van der Waals surface area contributed by atoms with Crippen molar-refractivity contribution >= 4 is 11.6 Å². The number of hydrogen-bond donors (Lipinski definition) is 0. The van der Waals surface area contributed by atoms with Gasteiger partial charge in [-0.05, 0) is 49.1 Å². The van der Waals surface area contributed by atoms with Crippen molar-refractivity contribution in [3.8, 4) is 5.75 Å². The third kappa shape index (κ3) is 4.28. The molecule has 0 bridgehead atoms. The van der Waals surface area contributed by atoms with Crippen molar-refractivity contribution in [3.63, 3.8) is 0 Å². The van der Waals surface area contributed by atoms with Gasteiger partial charge in [0.1, 0.15) is 5.75 Å². The maximum Gasteiger partial charge on any atom is 0.170 e. The summed E-state index contributed by atoms with van der Waals surface area (Å²) in [5.74, 6) is 1.43. The number of fused-ring (bicyclic) bond motifs is 1. The van der Waals surface area contributed by atoms with Crippen LogP contribution in [0.5, 0.6) is 5.75 Å². The van der Waals surface area contributed by atoms with E-state index in [1.54, 1.807) is 18.2 Å². The summed E-state index contributed by atoms with van der Waals surface area (Å²) in [5, 5.41) is 0. The lowest BCUT2D eigenvalue weighted by atomic mass is 9.98. The van der Waals surface area contributed by atoms with E-state index in [0.717, 1.165) is 26.1 Å². The molecule has 0 aromatic heterocycles. The largest absolute Gasteiger partial charge is 0.492 e. The lowest BCUT2D eigenvalue weighted by Gasteiger charge is -2.18. The van der Waals surface area contributed by atoms with Crippen molar-refractivity contribution in [1.82, 2.24) is 4.90 Å². The Balaban J connectivity index is 1.30. The predicted molar refractivity (Wildman–Crippen MR) is 105 cm³/mol. The Bertz CT molecular complexity index is 831. The van der Waals surface area contributed by atoms with E-state index in [0.29, 0.717) is 42.2 Å². The fourth-order valence-corrected chi connectivity index (χ4v) is 4.07. The van der Waals surface area contributed by atoms with Gasteiger partial charge in [0.25, 0.3) is 0 Å². The van der Waals surface area contributed by atoms with E-state index in [-0.39, 0.29) is 11.6 Å². The number of carbonyl (C=O) groups excluding carboxylic acids is 2. The van der Waals surface area contributed by atoms with Gasteiger partial charge in [-0.25, -0.2) is 0 Å². The molecule has 2 aliphatic rings. The van der Waals surface area contributed by atoms with Gasteiger partial charge in [-0.15, -0.1) is 0 Å². The number of ketones is 2. The highest BCUT2D eigenvalue weighted by atomic mass is 16.5. The Morgan fingerprint density at radius 2 is 2.00 bits per heavy atom. The lowest BCUT2D eigenvalue weighted by Crippen LogP contribution is -2.24. The number of Topliss-reactive ketones (excluding diaryl/α,β-unsaturated/α-hetero) is 2. The molecule has 4 rings (SSSR count). The number of ether oxygens (including phenoxy) is 1. The number of benzene rings is 2. The highest BCUT2D eigenvalue weighted by Gasteiger charge is 2.24. The maximum absolute atomic E-state index is 12.6. The summed E-state index contributed by atoms with van der Waals surface area (Å²) in [6, 6.07) is 15.9. The van der Waals surface area contributed by atoms with Crippen LogP contribution >= 0.6 is 0 Å². The number of nitrogens with zero attached hydrogens (tertiary/aromatic N) is 1. The van der Waals surface area contributed by atoms with Crippen LogP contribution in [0.3, 0.4) is 0 Å². The Morgan fingerprint density at radius 1 is 1.15 bits per heavy atom. The summed E-state index contributed by atoms with van der Waals surface area (Å²) in [6.45, 7) is 3.32. The molecule has 0 aliphatic carbocycles. The molecule has 2 aromatic rings. The summed E-state index contributed by atoms with van der Waals surface area (Å²) in [6.07, 6.45) is 3.18. The van der Waals surface area contributed by atoms with Crippen molar-refractivity contribution < 1.29 is 14.3 Å². The van der Waals surface area contributed by atoms with Crippen molar-refractivity contribution in [2.45, 2.75) is 25.7 Å². The number of hydrogen-bond acceptors (Lipinski definition) is 4. The van der Waals surface area contributed by atoms with E-state index >= 15 is 0 Å². The molecule has 0 amide bonds. The molecule has 1 unspecified atom stereocenters. The number of carbonyl (C=O) groups is 2. The molecular formula is C23H25NO3. The van der Waals surface area contributed by atoms with E-state index in [1.807, 2.05) is 0 Å². The molecule has 2 heterocycles. The van der Waals surface area contributed by atoms with Crippen molar-refractivity contribution in [2.24, 2.45) is 5.92 Å². The molecule has 2 aliphatic heterocycles. The summed E-state index contributed by atoms with van der Waals surface area (Å²) in [4.78, 5) is 27.0. The Morgan fingerprint density at radius 3 is 2.85 bits per heavy atom. The van der Waals surface area contributed by atoms with Gasteiger partial charge in [0.15, 0.2) is 11.6 Å². The van der Waals surface area contributed by atoms with Crippen molar-refractivity contribution in [1.29, 1.82) is 0 Å². The van der Waals surface area contributed by atoms with Crippen LogP contribution in [0.1, 0.15) is 45.5 Å². The molecule has 0 saturated carbocycles. The second-order valence-electron chi connectivity index (χ2n) is 7.55. The summed E-state index contributed by atoms with van der Waals surface area (Å²) in [7, 11) is 0. The molecule has 4 nitrogen and oxygen atoms in total. The van der Waals surface area contributed by atoms with Crippen LogP contribution in [-0.4, -0.2) is 42.7 Å². The van der Waals surface area contributed by atoms with E-state index in [2.05, 4.69) is 35.2 Å². The zero-order valence-electron chi connectivity index (χ0n) is 15.5. The van der Waals surface area contributed by atoms with Crippen LogP contribution < -0.4 is 4.74 Å². The highest BCUT2D eigenvalue weighted by Crippen LogP contribution is 2.26. The van der Waals surface area contributed by atoms with E-state index < -0.39 is 0 Å². The topological polar surface area (TPSA) is 46.6 Å². The second-order valence-corrected chi connectivity index (χ2v) is 7.55. The smallest absolute Gasteiger partial charge is 0.170 e. The van der Waals surface area contributed by atoms with Gasteiger partial charge in [0, 0.05) is 31.5 Å². The third-order valence-corrected chi connectivity index (χ3v) is 5.58. The van der Waals surface area contributed by atoms with Crippen molar-refractivity contribution in [2.75, 3.05) is 26.2 Å². The molecular weight excluding hydrogens is 338 g/mol. The Labute approximate surface area is 160 Å². The van der Waals surface area contributed by atoms with Gasteiger partial charge in [0.05, 0.1) is 12.2 Å². The van der Waals surface area contributed by atoms with Gasteiger partial charge in [-0.3, -0.25) is 9.59 Å². The number of likely N-dealkylation sites (tertiary alicyclic amines) is 1. The van der Waals surface area contributed by atoms with Gasteiger partial charge in [-0.2, -0.15) is 0 Å². The number of rotatable bonds is 6. The molecule has 140 valence electrons. The first kappa shape index (κ1) is 17.9. The maximum atomic E-state index is 12.6. The van der Waals surface area contributed by atoms with Crippen LogP contribution in [-0.2, 0) is 6.42 Å². The standard InChI is InChI=1S/C23H25NO3/c25-21(19-6-7-23-20(15-19)22(26)10-13-27-23)9-12-24-11-8-18(16-24)14-17-4-2-1-3-5-17/h1-7,15,18H,8-14,16H2. The second kappa shape index (κ2) is 8.05. The molecule has 1 fully saturated rings. The molecule has 27 heavy (non-hydrogen) atoms. The molecule has 1 atom stereocenters. The van der Waals surface area contributed by atoms with Gasteiger partial charge < -0.3 is 9.64 Å². The van der Waals surface area contributed by atoms with Crippen LogP contribution in [0, 0.1) is 5.92 Å². The van der Waals surface area contributed by atoms with E-state index in [4.69, 9.17) is 4.74 Å². The fourth-order valence-electron chi connectivity index (χ4n) is 4.07. The summed E-state index contributed by atoms with van der Waals surface area (Å²) < 4.78 is 5.49. The molecule has 0 radical (unpaired) electrons. The highest BCUT2D eigenvalue weighted by molar-refractivity contribution is 6.03. The average molecular weight is 363 g/mol. The third-order valence-electron chi connectivity index (χ3n) is 5.58. The zero-order chi connectivity index (χ0) is 18.6. The first-order valence-corrected chi connectivity index (χ1v) is 9.78. The minimum absolute atomic E-state index is 0.0641. The van der Waals surface area contributed by atoms with Gasteiger partial charge in [0.2, 0.25) is 0 Å². The zero-order valence-corrected chi connectivity index (χ0v) is 15.5. The van der Waals surface area contributed by atoms with E-state index in [9.17, 15) is 9.59 Å². The molecule has 0 spiro atoms. The van der Waals surface area contributed by atoms with Crippen LogP contribution in [0.4, 0.5) is 0 Å². The molecule has 2 aromatic carbocycles. The van der Waals surface area contributed by atoms with Crippen LogP contribution in [0.2, 0.25) is 0 Å². The Hall–Kier alpha value is -2.46. The minimum Gasteiger partial charge on any atom is -0.492 e. The lowest BCUT2D eigenvalue weighted by molar-refractivity contribution is 0.0933. The predicted octanol–water partition coefficient (Wildman–Crippen LogP) is 3.79. The normalized spacial score (nSPS) is 19.6. The first-order chi connectivity index (χ1) is 13.2. The Kier molecular flexibility index (Phi) is 5.35. The first-order valence-electron chi connectivity index (χ1n) is 9.78. The van der Waals surface area contributed by atoms with Gasteiger partial charge >= 0.3 is 0 Å². The van der Waals surface area contributed by atoms with Crippen molar-refractivity contribution in [3.05, 3.63) is 65.2 Å². The van der Waals surface area contributed by atoms with Crippen LogP contribution in [0.15, 0.2) is 48.5 Å². The molecule has 4 heteroatoms. The van der Waals surface area contributed by atoms with E-state index in [1.165, 1.54) is 12.0 Å².